The van der Waals surface area contributed by atoms with Crippen LogP contribution in [-0.2, 0) is 0 Å². The number of carbonyl (C=O) groups excluding carboxylic acids is 1. The van der Waals surface area contributed by atoms with Crippen molar-refractivity contribution in [3.8, 4) is 0 Å². The number of nitrogens with one attached hydrogen (secondary N) is 1. The Morgan fingerprint density at radius 3 is 2.82 bits per heavy atom. The number of rotatable bonds is 6. The lowest BCUT2D eigenvalue weighted by atomic mass is 10.0. The van der Waals surface area contributed by atoms with Crippen molar-refractivity contribution in [1.29, 1.82) is 0 Å². The summed E-state index contributed by atoms with van der Waals surface area (Å²) in [5.74, 6) is 0.844. The van der Waals surface area contributed by atoms with Crippen LogP contribution in [0.25, 0.3) is 0 Å². The number of amides is 1. The molecule has 1 aromatic carbocycles. The maximum absolute atomic E-state index is 12.6. The molecule has 5 nitrogen and oxygen atoms in total. The molecule has 1 atom stereocenters. The standard InChI is InChI=1S/C22H22N4OS/c1-3-11-28-15(2)21-24-13-18(19-9-10-23-19)20-12-17(14-26(20)21)25-22(27)16-7-5-4-6-8-16/h3-11,17H,2,12-14H2,1H3,(H,25,27)/b11-3-. The van der Waals surface area contributed by atoms with Gasteiger partial charge in [-0.25, -0.2) is 0 Å². The molecule has 0 aliphatic carbocycles. The third kappa shape index (κ3) is 3.60. The number of fused-ring (bicyclic) bond motifs is 1. The van der Waals surface area contributed by atoms with E-state index in [0.717, 1.165) is 28.4 Å². The van der Waals surface area contributed by atoms with Gasteiger partial charge in [0.15, 0.2) is 0 Å². The molecule has 3 aliphatic heterocycles. The number of thioether (sulfide) groups is 1. The minimum atomic E-state index is -0.0471. The summed E-state index contributed by atoms with van der Waals surface area (Å²) in [6.07, 6.45) is 6.57. The zero-order valence-corrected chi connectivity index (χ0v) is 16.6. The van der Waals surface area contributed by atoms with Gasteiger partial charge >= 0.3 is 0 Å². The fourth-order valence-electron chi connectivity index (χ4n) is 3.52. The van der Waals surface area contributed by atoms with Crippen LogP contribution in [-0.4, -0.2) is 41.5 Å². The topological polar surface area (TPSA) is 57.1 Å². The Hall–Kier alpha value is -2.86. The van der Waals surface area contributed by atoms with Crippen LogP contribution in [0.4, 0.5) is 0 Å². The van der Waals surface area contributed by atoms with Gasteiger partial charge in [-0.3, -0.25) is 14.8 Å². The Morgan fingerprint density at radius 1 is 1.36 bits per heavy atom. The van der Waals surface area contributed by atoms with Crippen LogP contribution < -0.4 is 5.32 Å². The summed E-state index contributed by atoms with van der Waals surface area (Å²) in [6.45, 7) is 7.46. The second-order valence-corrected chi connectivity index (χ2v) is 7.76. The second-order valence-electron chi connectivity index (χ2n) is 6.76. The monoisotopic (exact) mass is 390 g/mol. The molecule has 1 amide bonds. The van der Waals surface area contributed by atoms with Crippen molar-refractivity contribution >= 4 is 29.2 Å². The predicted molar refractivity (Wildman–Crippen MR) is 116 cm³/mol. The van der Waals surface area contributed by atoms with Gasteiger partial charge in [-0.2, -0.15) is 0 Å². The molecule has 1 N–H and O–H groups in total. The van der Waals surface area contributed by atoms with Gasteiger partial charge in [0.25, 0.3) is 5.91 Å². The van der Waals surface area contributed by atoms with Crippen molar-refractivity contribution in [1.82, 2.24) is 10.2 Å². The molecule has 6 heteroatoms. The lowest BCUT2D eigenvalue weighted by Gasteiger charge is -2.29. The van der Waals surface area contributed by atoms with Crippen LogP contribution in [0.5, 0.6) is 0 Å². The van der Waals surface area contributed by atoms with Crippen LogP contribution in [0.15, 0.2) is 86.8 Å². The Balaban J connectivity index is 1.55. The van der Waals surface area contributed by atoms with Crippen LogP contribution >= 0.6 is 11.8 Å². The quantitative estimate of drug-likeness (QED) is 0.801. The number of allylic oxidation sites excluding steroid dienone is 2. The fourth-order valence-corrected chi connectivity index (χ4v) is 4.10. The molecule has 28 heavy (non-hydrogen) atoms. The van der Waals surface area contributed by atoms with Gasteiger partial charge in [0.1, 0.15) is 5.84 Å². The number of benzene rings is 1. The van der Waals surface area contributed by atoms with Gasteiger partial charge in [-0.05, 0) is 30.5 Å². The number of aliphatic imine (C=N–C) groups is 2. The summed E-state index contributed by atoms with van der Waals surface area (Å²) < 4.78 is 0. The number of nitrogens with zero attached hydrogens (tertiary/aromatic N) is 3. The highest BCUT2D eigenvalue weighted by Crippen LogP contribution is 2.34. The van der Waals surface area contributed by atoms with Gasteiger partial charge in [-0.15, -0.1) is 0 Å². The zero-order chi connectivity index (χ0) is 19.5. The lowest BCUT2D eigenvalue weighted by molar-refractivity contribution is 0.0939. The minimum Gasteiger partial charge on any atom is -0.347 e. The molecule has 142 valence electrons. The summed E-state index contributed by atoms with van der Waals surface area (Å²) in [5, 5.41) is 5.18. The smallest absolute Gasteiger partial charge is 0.251 e. The first-order valence-electron chi connectivity index (χ1n) is 9.29. The number of hydrogen-bond donors (Lipinski definition) is 1. The van der Waals surface area contributed by atoms with Crippen LogP contribution in [0.2, 0.25) is 0 Å². The SMILES string of the molecule is C=C(S/C=C\C)C1=NCC(C2=NC=C2)=C2CC(NC(=O)c3ccccc3)CN12. The Bertz CT molecular complexity index is 956. The van der Waals surface area contributed by atoms with E-state index in [2.05, 4.69) is 21.8 Å². The van der Waals surface area contributed by atoms with E-state index in [1.54, 1.807) is 18.0 Å². The van der Waals surface area contributed by atoms with Crippen LogP contribution in [0.3, 0.4) is 0 Å². The summed E-state index contributed by atoms with van der Waals surface area (Å²) in [7, 11) is 0. The molecule has 3 heterocycles. The molecule has 1 saturated heterocycles. The first-order valence-corrected chi connectivity index (χ1v) is 10.2. The number of carbonyl (C=O) groups is 1. The maximum atomic E-state index is 12.6. The summed E-state index contributed by atoms with van der Waals surface area (Å²) in [5.41, 5.74) is 4.00. The van der Waals surface area contributed by atoms with E-state index in [9.17, 15) is 4.79 Å². The molecule has 3 aliphatic rings. The third-order valence-corrected chi connectivity index (χ3v) is 5.76. The molecule has 1 unspecified atom stereocenters. The number of hydrogen-bond acceptors (Lipinski definition) is 5. The van der Waals surface area contributed by atoms with E-state index in [4.69, 9.17) is 4.99 Å². The fraction of sp³-hybridized carbons (Fsp3) is 0.227. The Labute approximate surface area is 169 Å². The molecule has 1 aromatic rings. The van der Waals surface area contributed by atoms with Gasteiger partial charge in [0, 0.05) is 40.9 Å². The summed E-state index contributed by atoms with van der Waals surface area (Å²) >= 11 is 1.57. The molecular weight excluding hydrogens is 368 g/mol. The van der Waals surface area contributed by atoms with Gasteiger partial charge in [0.2, 0.25) is 0 Å². The van der Waals surface area contributed by atoms with Crippen molar-refractivity contribution < 1.29 is 4.79 Å². The lowest BCUT2D eigenvalue weighted by Crippen LogP contribution is -2.39. The summed E-state index contributed by atoms with van der Waals surface area (Å²) in [4.78, 5) is 24.9. The second kappa shape index (κ2) is 8.02. The molecule has 4 rings (SSSR count). The minimum absolute atomic E-state index is 0.0187. The van der Waals surface area contributed by atoms with Crippen molar-refractivity contribution in [2.75, 3.05) is 13.1 Å². The average Bonchev–Trinajstić information content (AvgIpc) is 3.09. The Morgan fingerprint density at radius 2 is 2.14 bits per heavy atom. The van der Waals surface area contributed by atoms with Crippen molar-refractivity contribution in [3.63, 3.8) is 0 Å². The molecule has 0 spiro atoms. The van der Waals surface area contributed by atoms with E-state index < -0.39 is 0 Å². The summed E-state index contributed by atoms with van der Waals surface area (Å²) in [6, 6.07) is 9.35. The van der Waals surface area contributed by atoms with E-state index in [-0.39, 0.29) is 11.9 Å². The van der Waals surface area contributed by atoms with E-state index in [0.29, 0.717) is 18.7 Å². The Kier molecular flexibility index (Phi) is 5.30. The molecule has 0 radical (unpaired) electrons. The molecular formula is C22H22N4OS. The molecule has 1 fully saturated rings. The highest BCUT2D eigenvalue weighted by molar-refractivity contribution is 8.06. The van der Waals surface area contributed by atoms with Crippen LogP contribution in [0.1, 0.15) is 23.7 Å². The third-order valence-electron chi connectivity index (χ3n) is 4.88. The highest BCUT2D eigenvalue weighted by atomic mass is 32.2. The first-order chi connectivity index (χ1) is 13.7. The molecule has 0 bridgehead atoms. The van der Waals surface area contributed by atoms with Crippen molar-refractivity contribution in [3.05, 3.63) is 82.4 Å². The first kappa shape index (κ1) is 18.5. The molecule has 0 saturated carbocycles. The van der Waals surface area contributed by atoms with Gasteiger partial charge in [-0.1, -0.05) is 42.6 Å². The molecule has 0 aromatic heterocycles. The van der Waals surface area contributed by atoms with Gasteiger partial charge < -0.3 is 10.2 Å². The van der Waals surface area contributed by atoms with Crippen LogP contribution in [0, 0.1) is 0 Å². The van der Waals surface area contributed by atoms with E-state index in [1.807, 2.05) is 54.8 Å². The number of amidine groups is 1. The average molecular weight is 391 g/mol. The van der Waals surface area contributed by atoms with E-state index in [1.165, 1.54) is 5.70 Å². The van der Waals surface area contributed by atoms with E-state index >= 15 is 0 Å². The normalized spacial score (nSPS) is 20.6. The largest absolute Gasteiger partial charge is 0.347 e. The predicted octanol–water partition coefficient (Wildman–Crippen LogP) is 3.91. The van der Waals surface area contributed by atoms with Gasteiger partial charge in [0.05, 0.1) is 18.3 Å². The van der Waals surface area contributed by atoms with Crippen molar-refractivity contribution in [2.24, 2.45) is 9.98 Å². The maximum Gasteiger partial charge on any atom is 0.251 e. The van der Waals surface area contributed by atoms with Crippen molar-refractivity contribution in [2.45, 2.75) is 19.4 Å². The zero-order valence-electron chi connectivity index (χ0n) is 15.8. The highest BCUT2D eigenvalue weighted by Gasteiger charge is 2.36.